The summed E-state index contributed by atoms with van der Waals surface area (Å²) in [7, 11) is 0. The molecule has 0 aliphatic rings. The average Bonchev–Trinajstić information content (AvgIpc) is 3.20. The fraction of sp³-hybridized carbons (Fsp3) is 0.870. The zero-order valence-electron chi connectivity index (χ0n) is 38.3. The first kappa shape index (κ1) is 52.0. The van der Waals surface area contributed by atoms with E-state index in [2.05, 4.69) is 49.9 Å². The van der Waals surface area contributed by atoms with Crippen LogP contribution in [0, 0.1) is 6.92 Å². The maximum absolute atomic E-state index is 3.97. The van der Waals surface area contributed by atoms with Crippen LogP contribution in [0.5, 0.6) is 0 Å². The van der Waals surface area contributed by atoms with Gasteiger partial charge in [0.05, 0.1) is 0 Å². The molecule has 1 heteroatoms. The number of benzene rings is 1. The summed E-state index contributed by atoms with van der Waals surface area (Å²) >= 11 is 0. The molecule has 1 aromatic carbocycles. The Morgan fingerprint density at radius 3 is 0.855 bits per heavy atom. The van der Waals surface area contributed by atoms with Crippen molar-refractivity contribution < 1.29 is 0 Å². The second kappa shape index (κ2) is 44.1. The summed E-state index contributed by atoms with van der Waals surface area (Å²) in [6, 6.07) is 9.82. The lowest BCUT2D eigenvalue weighted by Gasteiger charge is -2.25. The summed E-state index contributed by atoms with van der Waals surface area (Å²) in [5.74, 6) is 0. The third-order valence-electron chi connectivity index (χ3n) is 12.6. The molecule has 0 saturated heterocycles. The van der Waals surface area contributed by atoms with Gasteiger partial charge in [0.1, 0.15) is 0 Å². The molecule has 0 spiro atoms. The van der Waals surface area contributed by atoms with E-state index in [-0.39, 0.29) is 0 Å². The molecule has 1 aromatic rings. The van der Waals surface area contributed by atoms with Gasteiger partial charge in [-0.05, 0) is 43.4 Å². The maximum Gasteiger partial charge on any atom is 0.0366 e. The first-order valence-corrected chi connectivity index (χ1v) is 25.9. The molecule has 0 aliphatic heterocycles. The standard InChI is InChI=1S/C54H102N/c1-4-7-10-13-16-19-22-24-26-28-30-32-35-38-41-44-51-55(52-45-42-39-36-33-31-29-27-25-23-20-17-14-11-8-5-2)54-49-47-53(48-50-54)46-43-40-37-34-21-18-15-12-9-6-3/h47-50H,3-46,51-52H2,1-2H3. The van der Waals surface area contributed by atoms with Gasteiger partial charge in [-0.25, -0.2) is 0 Å². The second-order valence-electron chi connectivity index (χ2n) is 18.0. The van der Waals surface area contributed by atoms with E-state index in [1.54, 1.807) is 5.56 Å². The van der Waals surface area contributed by atoms with Gasteiger partial charge in [0.25, 0.3) is 0 Å². The minimum absolute atomic E-state index is 1.11. The van der Waals surface area contributed by atoms with Crippen molar-refractivity contribution >= 4 is 5.69 Å². The van der Waals surface area contributed by atoms with Gasteiger partial charge in [-0.2, -0.15) is 0 Å². The number of rotatable bonds is 46. The van der Waals surface area contributed by atoms with Gasteiger partial charge >= 0.3 is 0 Å². The molecular weight excluding hydrogens is 663 g/mol. The lowest BCUT2D eigenvalue weighted by atomic mass is 10.0. The van der Waals surface area contributed by atoms with Gasteiger partial charge < -0.3 is 4.90 Å². The molecule has 0 bridgehead atoms. The first-order valence-electron chi connectivity index (χ1n) is 25.9. The molecule has 0 atom stereocenters. The second-order valence-corrected chi connectivity index (χ2v) is 18.0. The number of hydrogen-bond donors (Lipinski definition) is 0. The topological polar surface area (TPSA) is 3.24 Å². The SMILES string of the molecule is [CH2]CCCCCCCCCCCc1ccc(N(CCCCCCCCCCCCCCCCCC)CCCCCCCCCCCCCCCCCC)cc1. The van der Waals surface area contributed by atoms with Gasteiger partial charge in [0.2, 0.25) is 0 Å². The van der Waals surface area contributed by atoms with Gasteiger partial charge in [-0.3, -0.25) is 0 Å². The van der Waals surface area contributed by atoms with Crippen LogP contribution in [0.15, 0.2) is 24.3 Å². The van der Waals surface area contributed by atoms with Gasteiger partial charge in [-0.15, -0.1) is 0 Å². The molecule has 0 N–H and O–H groups in total. The van der Waals surface area contributed by atoms with Crippen molar-refractivity contribution in [3.8, 4) is 0 Å². The Balaban J connectivity index is 2.26. The first-order chi connectivity index (χ1) is 27.3. The molecule has 55 heavy (non-hydrogen) atoms. The van der Waals surface area contributed by atoms with Crippen LogP contribution in [0.3, 0.4) is 0 Å². The van der Waals surface area contributed by atoms with E-state index in [9.17, 15) is 0 Å². The molecule has 1 radical (unpaired) electrons. The molecule has 0 saturated carbocycles. The van der Waals surface area contributed by atoms with Crippen molar-refractivity contribution in [3.05, 3.63) is 36.8 Å². The monoisotopic (exact) mass is 765 g/mol. The largest absolute Gasteiger partial charge is 0.372 e. The summed E-state index contributed by atoms with van der Waals surface area (Å²) in [5.41, 5.74) is 3.02. The predicted octanol–water partition coefficient (Wildman–Crippen LogP) is 19.3. The summed E-state index contributed by atoms with van der Waals surface area (Å²) in [6.07, 6.45) is 61.2. The van der Waals surface area contributed by atoms with Crippen molar-refractivity contribution in [2.24, 2.45) is 0 Å². The molecule has 0 unspecified atom stereocenters. The summed E-state index contributed by atoms with van der Waals surface area (Å²) < 4.78 is 0. The normalized spacial score (nSPS) is 11.5. The highest BCUT2D eigenvalue weighted by molar-refractivity contribution is 5.47. The van der Waals surface area contributed by atoms with Crippen LogP contribution in [-0.2, 0) is 6.42 Å². The maximum atomic E-state index is 3.97. The van der Waals surface area contributed by atoms with Crippen molar-refractivity contribution in [1.82, 2.24) is 0 Å². The van der Waals surface area contributed by atoms with E-state index in [0.717, 1.165) is 6.42 Å². The zero-order valence-corrected chi connectivity index (χ0v) is 38.3. The predicted molar refractivity (Wildman–Crippen MR) is 253 cm³/mol. The van der Waals surface area contributed by atoms with Gasteiger partial charge in [-0.1, -0.05) is 283 Å². The van der Waals surface area contributed by atoms with E-state index in [1.165, 1.54) is 288 Å². The number of aryl methyl sites for hydroxylation is 1. The summed E-state index contributed by atoms with van der Waals surface area (Å²) in [6.45, 7) is 11.1. The molecule has 0 heterocycles. The highest BCUT2D eigenvalue weighted by atomic mass is 15.1. The third kappa shape index (κ3) is 37.1. The van der Waals surface area contributed by atoms with Crippen molar-refractivity contribution in [3.63, 3.8) is 0 Å². The lowest BCUT2D eigenvalue weighted by molar-refractivity contribution is 0.524. The van der Waals surface area contributed by atoms with E-state index >= 15 is 0 Å². The molecule has 0 amide bonds. The number of nitrogens with zero attached hydrogens (tertiary/aromatic N) is 1. The molecule has 1 nitrogen and oxygen atoms in total. The smallest absolute Gasteiger partial charge is 0.0366 e. The fourth-order valence-electron chi connectivity index (χ4n) is 8.69. The number of unbranched alkanes of at least 4 members (excludes halogenated alkanes) is 39. The zero-order chi connectivity index (χ0) is 39.4. The Morgan fingerprint density at radius 2 is 0.564 bits per heavy atom. The quantitative estimate of drug-likeness (QED) is 0.0598. The van der Waals surface area contributed by atoms with Crippen molar-refractivity contribution in [1.29, 1.82) is 0 Å². The number of anilines is 1. The highest BCUT2D eigenvalue weighted by Crippen LogP contribution is 2.21. The molecule has 0 aliphatic carbocycles. The molecule has 1 rings (SSSR count). The lowest BCUT2D eigenvalue weighted by Crippen LogP contribution is -2.25. The Hall–Kier alpha value is -0.980. The highest BCUT2D eigenvalue weighted by Gasteiger charge is 2.07. The minimum Gasteiger partial charge on any atom is -0.372 e. The van der Waals surface area contributed by atoms with E-state index in [1.807, 2.05) is 0 Å². The minimum atomic E-state index is 1.11. The van der Waals surface area contributed by atoms with Crippen LogP contribution in [0.4, 0.5) is 5.69 Å². The Kier molecular flexibility index (Phi) is 41.8. The average molecular weight is 765 g/mol. The molecule has 0 aromatic heterocycles. The van der Waals surface area contributed by atoms with Crippen LogP contribution in [0.1, 0.15) is 289 Å². The molecule has 323 valence electrons. The fourth-order valence-corrected chi connectivity index (χ4v) is 8.69. The van der Waals surface area contributed by atoms with E-state index in [4.69, 9.17) is 0 Å². The van der Waals surface area contributed by atoms with Crippen LogP contribution in [0.2, 0.25) is 0 Å². The molecular formula is C54H102N. The van der Waals surface area contributed by atoms with E-state index < -0.39 is 0 Å². The Labute approximate surface area is 349 Å². The third-order valence-corrected chi connectivity index (χ3v) is 12.6. The van der Waals surface area contributed by atoms with E-state index in [0.29, 0.717) is 0 Å². The Morgan fingerprint density at radius 1 is 0.309 bits per heavy atom. The van der Waals surface area contributed by atoms with Gasteiger partial charge in [0, 0.05) is 18.8 Å². The van der Waals surface area contributed by atoms with Crippen LogP contribution < -0.4 is 4.90 Å². The van der Waals surface area contributed by atoms with Crippen molar-refractivity contribution in [2.45, 2.75) is 290 Å². The summed E-state index contributed by atoms with van der Waals surface area (Å²) in [5, 5.41) is 0. The number of hydrogen-bond acceptors (Lipinski definition) is 1. The molecule has 0 fully saturated rings. The summed E-state index contributed by atoms with van der Waals surface area (Å²) in [4.78, 5) is 2.74. The van der Waals surface area contributed by atoms with Crippen LogP contribution in [-0.4, -0.2) is 13.1 Å². The Bertz CT molecular complexity index is 792. The van der Waals surface area contributed by atoms with Crippen LogP contribution in [0.25, 0.3) is 0 Å². The van der Waals surface area contributed by atoms with Crippen molar-refractivity contribution in [2.75, 3.05) is 18.0 Å². The van der Waals surface area contributed by atoms with Crippen LogP contribution >= 0.6 is 0 Å². The van der Waals surface area contributed by atoms with Gasteiger partial charge in [0.15, 0.2) is 0 Å².